The predicted molar refractivity (Wildman–Crippen MR) is 166 cm³/mol. The van der Waals surface area contributed by atoms with E-state index in [9.17, 15) is 13.9 Å². The first-order chi connectivity index (χ1) is 20.6. The van der Waals surface area contributed by atoms with Crippen molar-refractivity contribution in [1.82, 2.24) is 24.4 Å². The van der Waals surface area contributed by atoms with Crippen LogP contribution in [0.2, 0.25) is 0 Å². The van der Waals surface area contributed by atoms with Crippen LogP contribution in [-0.2, 0) is 4.74 Å². The molecule has 3 heterocycles. The summed E-state index contributed by atoms with van der Waals surface area (Å²) < 4.78 is 35.3. The maximum Gasteiger partial charge on any atom is 0.296 e. The fourth-order valence-corrected chi connectivity index (χ4v) is 6.09. The molecule has 0 spiro atoms. The largest absolute Gasteiger partial charge is 0.389 e. The normalized spacial score (nSPS) is 19.8. The summed E-state index contributed by atoms with van der Waals surface area (Å²) in [6, 6.07) is 9.33. The standard InChI is InChI=1S/C32H45F2N7O2/c1-22(2)13-14-40(21-32(3,4)42)24-11-9-23(10-12-24)20-35-31-37-27(39-15-17-43-18-16-39)19-28(38-31)41-26-8-6-5-7-25(26)36-30(41)29(33)34/h5-8,13,19,23-24,29,42H,9-12,14-18,20-21H2,1-4H3,(H,35,37,38). The lowest BCUT2D eigenvalue weighted by Gasteiger charge is -2.39. The number of ether oxygens (including phenoxy) is 1. The van der Waals surface area contributed by atoms with Crippen LogP contribution in [-0.4, -0.2) is 87.1 Å². The Bertz CT molecular complexity index is 1390. The number of rotatable bonds is 11. The van der Waals surface area contributed by atoms with Crippen molar-refractivity contribution in [3.05, 3.63) is 47.8 Å². The first-order valence-corrected chi connectivity index (χ1v) is 15.4. The number of fused-ring (bicyclic) bond motifs is 1. The number of para-hydroxylation sites is 2. The number of anilines is 2. The van der Waals surface area contributed by atoms with Gasteiger partial charge in [-0.25, -0.2) is 13.8 Å². The Kier molecular flexibility index (Phi) is 9.93. The molecule has 43 heavy (non-hydrogen) atoms. The number of alkyl halides is 2. The van der Waals surface area contributed by atoms with Gasteiger partial charge in [0.15, 0.2) is 5.82 Å². The van der Waals surface area contributed by atoms with Crippen molar-refractivity contribution < 1.29 is 18.6 Å². The summed E-state index contributed by atoms with van der Waals surface area (Å²) in [5, 5.41) is 14.0. The highest BCUT2D eigenvalue weighted by atomic mass is 19.3. The molecule has 0 amide bonds. The SMILES string of the molecule is CC(C)=CCN(CC(C)(C)O)C1CCC(CNc2nc(N3CCOCC3)cc(-n3c(C(F)F)nc4ccccc43)n2)CC1. The van der Waals surface area contributed by atoms with Crippen molar-refractivity contribution in [3.8, 4) is 5.82 Å². The van der Waals surface area contributed by atoms with Crippen LogP contribution in [0.4, 0.5) is 20.5 Å². The molecule has 1 aliphatic carbocycles. The van der Waals surface area contributed by atoms with E-state index in [-0.39, 0.29) is 5.82 Å². The molecular weight excluding hydrogens is 552 g/mol. The molecule has 5 rings (SSSR count). The lowest BCUT2D eigenvalue weighted by atomic mass is 9.85. The van der Waals surface area contributed by atoms with Gasteiger partial charge in [0.05, 0.1) is 29.8 Å². The minimum Gasteiger partial charge on any atom is -0.389 e. The second-order valence-electron chi connectivity index (χ2n) is 12.7. The van der Waals surface area contributed by atoms with E-state index in [1.54, 1.807) is 24.3 Å². The molecular formula is C32H45F2N7O2. The van der Waals surface area contributed by atoms with E-state index in [2.05, 4.69) is 40.0 Å². The zero-order valence-corrected chi connectivity index (χ0v) is 25.8. The smallest absolute Gasteiger partial charge is 0.296 e. The Morgan fingerprint density at radius 1 is 1.09 bits per heavy atom. The molecule has 1 saturated carbocycles. The third kappa shape index (κ3) is 8.07. The van der Waals surface area contributed by atoms with Crippen molar-refractivity contribution in [2.75, 3.05) is 56.2 Å². The summed E-state index contributed by atoms with van der Waals surface area (Å²) in [6.45, 7) is 12.6. The topological polar surface area (TPSA) is 91.6 Å². The minimum absolute atomic E-state index is 0.333. The number of aliphatic hydroxyl groups is 1. The quantitative estimate of drug-likeness (QED) is 0.276. The lowest BCUT2D eigenvalue weighted by molar-refractivity contribution is 0.0162. The van der Waals surface area contributed by atoms with Gasteiger partial charge >= 0.3 is 0 Å². The zero-order valence-electron chi connectivity index (χ0n) is 25.8. The summed E-state index contributed by atoms with van der Waals surface area (Å²) in [7, 11) is 0. The van der Waals surface area contributed by atoms with E-state index >= 15 is 0 Å². The molecule has 2 fully saturated rings. The second kappa shape index (κ2) is 13.7. The maximum atomic E-state index is 14.2. The van der Waals surface area contributed by atoms with Gasteiger partial charge in [0, 0.05) is 44.8 Å². The number of nitrogens with zero attached hydrogens (tertiary/aromatic N) is 6. The van der Waals surface area contributed by atoms with Crippen molar-refractivity contribution in [1.29, 1.82) is 0 Å². The second-order valence-corrected chi connectivity index (χ2v) is 12.7. The predicted octanol–water partition coefficient (Wildman–Crippen LogP) is 5.60. The highest BCUT2D eigenvalue weighted by Gasteiger charge is 2.29. The van der Waals surface area contributed by atoms with Gasteiger partial charge in [-0.15, -0.1) is 0 Å². The monoisotopic (exact) mass is 597 g/mol. The van der Waals surface area contributed by atoms with E-state index in [0.29, 0.717) is 80.0 Å². The highest BCUT2D eigenvalue weighted by molar-refractivity contribution is 5.78. The Hall–Kier alpha value is -3.15. The Labute approximate surface area is 253 Å². The first-order valence-electron chi connectivity index (χ1n) is 15.4. The maximum absolute atomic E-state index is 14.2. The molecule has 1 aromatic carbocycles. The van der Waals surface area contributed by atoms with E-state index in [1.165, 1.54) is 10.1 Å². The molecule has 1 saturated heterocycles. The molecule has 0 radical (unpaired) electrons. The van der Waals surface area contributed by atoms with Crippen LogP contribution in [0, 0.1) is 5.92 Å². The number of benzene rings is 1. The number of morpholine rings is 1. The number of hydrogen-bond donors (Lipinski definition) is 2. The molecule has 1 aliphatic heterocycles. The van der Waals surface area contributed by atoms with Crippen LogP contribution in [0.25, 0.3) is 16.9 Å². The van der Waals surface area contributed by atoms with Crippen molar-refractivity contribution >= 4 is 22.8 Å². The van der Waals surface area contributed by atoms with Crippen LogP contribution in [0.5, 0.6) is 0 Å². The van der Waals surface area contributed by atoms with Gasteiger partial charge in [0.25, 0.3) is 6.43 Å². The summed E-state index contributed by atoms with van der Waals surface area (Å²) in [4.78, 5) is 18.3. The average Bonchev–Trinajstić information content (AvgIpc) is 3.38. The van der Waals surface area contributed by atoms with E-state index in [1.807, 2.05) is 19.9 Å². The van der Waals surface area contributed by atoms with Gasteiger partial charge < -0.3 is 20.1 Å². The fourth-order valence-electron chi connectivity index (χ4n) is 6.09. The van der Waals surface area contributed by atoms with Crippen LogP contribution < -0.4 is 10.2 Å². The van der Waals surface area contributed by atoms with E-state index < -0.39 is 12.0 Å². The first kappa shape index (κ1) is 31.3. The van der Waals surface area contributed by atoms with E-state index in [4.69, 9.17) is 14.7 Å². The van der Waals surface area contributed by atoms with Gasteiger partial charge in [0.2, 0.25) is 5.95 Å². The number of aromatic nitrogens is 4. The Balaban J connectivity index is 1.34. The molecule has 2 aliphatic rings. The van der Waals surface area contributed by atoms with Gasteiger partial charge in [-0.2, -0.15) is 9.97 Å². The fraction of sp³-hybridized carbons (Fsp3) is 0.594. The third-order valence-corrected chi connectivity index (χ3v) is 8.25. The third-order valence-electron chi connectivity index (χ3n) is 8.25. The van der Waals surface area contributed by atoms with Gasteiger partial charge in [-0.05, 0) is 71.4 Å². The van der Waals surface area contributed by atoms with Crippen molar-refractivity contribution in [2.24, 2.45) is 5.92 Å². The molecule has 0 unspecified atom stereocenters. The number of nitrogens with one attached hydrogen (secondary N) is 1. The number of allylic oxidation sites excluding steroid dienone is 1. The summed E-state index contributed by atoms with van der Waals surface area (Å²) in [6.07, 6.45) is 3.68. The molecule has 3 aromatic rings. The molecule has 9 nitrogen and oxygen atoms in total. The zero-order chi connectivity index (χ0) is 30.6. The van der Waals surface area contributed by atoms with Gasteiger partial charge in [-0.1, -0.05) is 23.8 Å². The van der Waals surface area contributed by atoms with Crippen LogP contribution in [0.15, 0.2) is 42.0 Å². The van der Waals surface area contributed by atoms with Crippen LogP contribution in [0.1, 0.15) is 65.6 Å². The average molecular weight is 598 g/mol. The van der Waals surface area contributed by atoms with Crippen LogP contribution in [0.3, 0.4) is 0 Å². The van der Waals surface area contributed by atoms with Gasteiger partial charge in [0.1, 0.15) is 11.6 Å². The minimum atomic E-state index is -2.76. The lowest BCUT2D eigenvalue weighted by Crippen LogP contribution is -2.46. The number of imidazole rings is 1. The van der Waals surface area contributed by atoms with Crippen molar-refractivity contribution in [3.63, 3.8) is 0 Å². The number of halogens is 2. The molecule has 0 atom stereocenters. The summed E-state index contributed by atoms with van der Waals surface area (Å²) in [5.74, 6) is 1.58. The van der Waals surface area contributed by atoms with Crippen LogP contribution >= 0.6 is 0 Å². The summed E-state index contributed by atoms with van der Waals surface area (Å²) >= 11 is 0. The molecule has 11 heteroatoms. The highest BCUT2D eigenvalue weighted by Crippen LogP contribution is 2.31. The molecule has 0 bridgehead atoms. The Morgan fingerprint density at radius 3 is 2.47 bits per heavy atom. The Morgan fingerprint density at radius 2 is 1.79 bits per heavy atom. The molecule has 234 valence electrons. The van der Waals surface area contributed by atoms with Gasteiger partial charge in [-0.3, -0.25) is 9.47 Å². The van der Waals surface area contributed by atoms with Crippen molar-refractivity contribution in [2.45, 2.75) is 71.4 Å². The molecule has 2 aromatic heterocycles. The van der Waals surface area contributed by atoms with E-state index in [0.717, 1.165) is 32.2 Å². The molecule has 2 N–H and O–H groups in total. The summed E-state index contributed by atoms with van der Waals surface area (Å²) in [5.41, 5.74) is 1.61. The number of hydrogen-bond acceptors (Lipinski definition) is 8.